The van der Waals surface area contributed by atoms with E-state index < -0.39 is 55.6 Å². The molecule has 0 aromatic heterocycles. The molecule has 0 spiro atoms. The number of aliphatic hydroxyl groups is 6. The van der Waals surface area contributed by atoms with Crippen molar-refractivity contribution in [1.29, 1.82) is 0 Å². The number of hydrogen-bond donors (Lipinski definition) is 7. The molecular formula is C65H129NO9. The zero-order valence-corrected chi connectivity index (χ0v) is 49.7. The summed E-state index contributed by atoms with van der Waals surface area (Å²) in [6.07, 6.45) is 57.3. The van der Waals surface area contributed by atoms with Gasteiger partial charge >= 0.3 is 0 Å². The van der Waals surface area contributed by atoms with E-state index in [1.54, 1.807) is 0 Å². The summed E-state index contributed by atoms with van der Waals surface area (Å²) in [5, 5.41) is 65.7. The normalized spacial score (nSPS) is 19.2. The average Bonchev–Trinajstić information content (AvgIpc) is 3.41. The monoisotopic (exact) mass is 1070 g/mol. The fraction of sp³-hybridized carbons (Fsp3) is 0.985. The van der Waals surface area contributed by atoms with Gasteiger partial charge in [0.1, 0.15) is 30.5 Å². The van der Waals surface area contributed by atoms with Gasteiger partial charge in [-0.05, 0) is 12.8 Å². The third kappa shape index (κ3) is 43.6. The Hall–Kier alpha value is -0.850. The molecule has 1 fully saturated rings. The largest absolute Gasteiger partial charge is 0.394 e. The van der Waals surface area contributed by atoms with E-state index in [1.165, 1.54) is 283 Å². The number of nitrogens with one attached hydrogen (secondary N) is 1. The minimum absolute atomic E-state index is 0.248. The van der Waals surface area contributed by atoms with E-state index in [0.29, 0.717) is 6.42 Å². The van der Waals surface area contributed by atoms with E-state index in [4.69, 9.17) is 9.47 Å². The predicted octanol–water partition coefficient (Wildman–Crippen LogP) is 16.3. The molecule has 0 aromatic rings. The molecule has 75 heavy (non-hydrogen) atoms. The average molecular weight is 1070 g/mol. The lowest BCUT2D eigenvalue weighted by atomic mass is 9.98. The number of hydrogen-bond acceptors (Lipinski definition) is 9. The summed E-state index contributed by atoms with van der Waals surface area (Å²) < 4.78 is 11.2. The highest BCUT2D eigenvalue weighted by atomic mass is 16.7. The number of carbonyl (C=O) groups is 1. The van der Waals surface area contributed by atoms with Crippen LogP contribution in [-0.4, -0.2) is 98.7 Å². The van der Waals surface area contributed by atoms with Crippen molar-refractivity contribution in [2.75, 3.05) is 13.2 Å². The first kappa shape index (κ1) is 72.2. The van der Waals surface area contributed by atoms with Crippen molar-refractivity contribution in [3.63, 3.8) is 0 Å². The Bertz CT molecular complexity index is 1160. The number of ether oxygens (including phenoxy) is 2. The van der Waals surface area contributed by atoms with Crippen molar-refractivity contribution in [1.82, 2.24) is 5.32 Å². The Labute approximate surface area is 464 Å². The van der Waals surface area contributed by atoms with Crippen LogP contribution in [0.1, 0.15) is 348 Å². The number of rotatable bonds is 59. The molecule has 10 heteroatoms. The molecule has 0 radical (unpaired) electrons. The van der Waals surface area contributed by atoms with Crippen molar-refractivity contribution in [2.45, 2.75) is 397 Å². The van der Waals surface area contributed by atoms with E-state index in [0.717, 1.165) is 38.5 Å². The first-order valence-corrected chi connectivity index (χ1v) is 33.3. The highest BCUT2D eigenvalue weighted by molar-refractivity contribution is 5.76. The van der Waals surface area contributed by atoms with Crippen LogP contribution in [0.25, 0.3) is 0 Å². The van der Waals surface area contributed by atoms with Gasteiger partial charge in [0, 0.05) is 6.42 Å². The number of carbonyl (C=O) groups excluding carboxylic acids is 1. The van der Waals surface area contributed by atoms with Crippen LogP contribution in [0.5, 0.6) is 0 Å². The summed E-state index contributed by atoms with van der Waals surface area (Å²) in [5.74, 6) is -0.248. The number of aliphatic hydroxyl groups excluding tert-OH is 6. The molecule has 1 aliphatic rings. The van der Waals surface area contributed by atoms with E-state index >= 15 is 0 Å². The van der Waals surface area contributed by atoms with E-state index in [9.17, 15) is 35.4 Å². The van der Waals surface area contributed by atoms with E-state index in [-0.39, 0.29) is 18.9 Å². The molecule has 8 atom stereocenters. The molecule has 1 heterocycles. The standard InChI is InChI=1S/C65H129NO9/c1-3-5-7-9-11-13-15-17-19-21-22-23-24-25-26-27-28-29-30-31-32-33-34-35-36-37-38-40-42-44-46-48-50-52-54-60(69)66-57(56-74-65-64(73)63(72)62(71)59(55-67)75-65)61(70)58(68)53-51-49-47-45-43-41-39-20-18-16-14-12-10-8-6-4-2/h57-59,61-65,67-68,70-73H,3-56H2,1-2H3,(H,66,69)/t57-,58+,59+,61-,62+,63?,64?,65+/m0/s1. The molecule has 0 aromatic carbocycles. The molecule has 0 saturated carbocycles. The topological polar surface area (TPSA) is 169 Å². The highest BCUT2D eigenvalue weighted by Crippen LogP contribution is 2.24. The highest BCUT2D eigenvalue weighted by Gasteiger charge is 2.44. The fourth-order valence-electron chi connectivity index (χ4n) is 11.3. The van der Waals surface area contributed by atoms with Crippen LogP contribution in [0.4, 0.5) is 0 Å². The van der Waals surface area contributed by atoms with Gasteiger partial charge in [-0.2, -0.15) is 0 Å². The third-order valence-corrected chi connectivity index (χ3v) is 16.6. The van der Waals surface area contributed by atoms with Gasteiger partial charge in [-0.15, -0.1) is 0 Å². The smallest absolute Gasteiger partial charge is 0.220 e. The lowest BCUT2D eigenvalue weighted by Crippen LogP contribution is -2.60. The second-order valence-corrected chi connectivity index (χ2v) is 23.8. The Morgan fingerprint density at radius 1 is 0.413 bits per heavy atom. The van der Waals surface area contributed by atoms with Gasteiger partial charge < -0.3 is 45.4 Å². The maximum atomic E-state index is 13.1. The summed E-state index contributed by atoms with van der Waals surface area (Å²) in [5.41, 5.74) is 0. The summed E-state index contributed by atoms with van der Waals surface area (Å²) in [7, 11) is 0. The second kappa shape index (κ2) is 55.1. The minimum atomic E-state index is -1.60. The van der Waals surface area contributed by atoms with Gasteiger partial charge in [-0.3, -0.25) is 4.79 Å². The molecular weight excluding hydrogens is 939 g/mol. The Morgan fingerprint density at radius 2 is 0.693 bits per heavy atom. The molecule has 10 nitrogen and oxygen atoms in total. The maximum absolute atomic E-state index is 13.1. The quantitative estimate of drug-likeness (QED) is 0.0293. The first-order valence-electron chi connectivity index (χ1n) is 33.3. The lowest BCUT2D eigenvalue weighted by molar-refractivity contribution is -0.303. The van der Waals surface area contributed by atoms with Gasteiger partial charge in [0.05, 0.1) is 25.4 Å². The molecule has 1 saturated heterocycles. The van der Waals surface area contributed by atoms with Crippen LogP contribution >= 0.6 is 0 Å². The third-order valence-electron chi connectivity index (χ3n) is 16.6. The van der Waals surface area contributed by atoms with Crippen molar-refractivity contribution < 1.29 is 44.9 Å². The summed E-state index contributed by atoms with van der Waals surface area (Å²) in [6, 6.07) is -0.987. The van der Waals surface area contributed by atoms with Crippen LogP contribution in [0.3, 0.4) is 0 Å². The van der Waals surface area contributed by atoms with Crippen molar-refractivity contribution >= 4 is 5.91 Å². The first-order chi connectivity index (χ1) is 36.8. The van der Waals surface area contributed by atoms with Crippen LogP contribution < -0.4 is 5.32 Å². The fourth-order valence-corrected chi connectivity index (χ4v) is 11.3. The maximum Gasteiger partial charge on any atom is 0.220 e. The molecule has 0 aliphatic carbocycles. The van der Waals surface area contributed by atoms with Crippen LogP contribution in [0, 0.1) is 0 Å². The Morgan fingerprint density at radius 3 is 0.987 bits per heavy atom. The summed E-state index contributed by atoms with van der Waals surface area (Å²) in [4.78, 5) is 13.1. The predicted molar refractivity (Wildman–Crippen MR) is 315 cm³/mol. The Kier molecular flexibility index (Phi) is 53.0. The minimum Gasteiger partial charge on any atom is -0.394 e. The van der Waals surface area contributed by atoms with Gasteiger partial charge in [-0.25, -0.2) is 0 Å². The molecule has 7 N–H and O–H groups in total. The van der Waals surface area contributed by atoms with Crippen LogP contribution in [-0.2, 0) is 14.3 Å². The number of amides is 1. The van der Waals surface area contributed by atoms with Crippen molar-refractivity contribution in [2.24, 2.45) is 0 Å². The van der Waals surface area contributed by atoms with Gasteiger partial charge in [0.2, 0.25) is 5.91 Å². The molecule has 0 bridgehead atoms. The van der Waals surface area contributed by atoms with Gasteiger partial charge in [0.25, 0.3) is 0 Å². The van der Waals surface area contributed by atoms with Crippen molar-refractivity contribution in [3.8, 4) is 0 Å². The van der Waals surface area contributed by atoms with Gasteiger partial charge in [0.15, 0.2) is 6.29 Å². The molecule has 1 rings (SSSR count). The van der Waals surface area contributed by atoms with Crippen LogP contribution in [0.2, 0.25) is 0 Å². The lowest BCUT2D eigenvalue weighted by Gasteiger charge is -2.40. The van der Waals surface area contributed by atoms with Gasteiger partial charge in [-0.1, -0.05) is 328 Å². The van der Waals surface area contributed by atoms with E-state index in [1.807, 2.05) is 0 Å². The molecule has 1 aliphatic heterocycles. The molecule has 2 unspecified atom stereocenters. The SMILES string of the molecule is CCCCCCCCCCCCCCCCCCCCCCCCCCCCCCCCCCCCC(=O)N[C@@H](CO[C@@H]1O[C@H](CO)[C@@H](O)C(O)C1O)[C@H](O)[C@H](O)CCCCCCCCCCCCCCCCCC. The number of unbranched alkanes of at least 4 members (excludes halogenated alkanes) is 48. The van der Waals surface area contributed by atoms with E-state index in [2.05, 4.69) is 19.2 Å². The zero-order valence-electron chi connectivity index (χ0n) is 49.7. The molecule has 448 valence electrons. The Balaban J connectivity index is 2.10. The summed E-state index contributed by atoms with van der Waals surface area (Å²) >= 11 is 0. The zero-order chi connectivity index (χ0) is 54.5. The molecule has 1 amide bonds. The van der Waals surface area contributed by atoms with Crippen molar-refractivity contribution in [3.05, 3.63) is 0 Å². The van der Waals surface area contributed by atoms with Crippen LogP contribution in [0.15, 0.2) is 0 Å². The summed E-state index contributed by atoms with van der Waals surface area (Å²) in [6.45, 7) is 3.67. The second-order valence-electron chi connectivity index (χ2n) is 23.8.